The van der Waals surface area contributed by atoms with Gasteiger partial charge in [0.1, 0.15) is 6.04 Å². The quantitative estimate of drug-likeness (QED) is 0.443. The number of aryl methyl sites for hydroxylation is 1. The van der Waals surface area contributed by atoms with Gasteiger partial charge in [0.2, 0.25) is 5.91 Å². The van der Waals surface area contributed by atoms with Gasteiger partial charge in [-0.2, -0.15) is 0 Å². The standard InChI is InChI=1S/C24H23N3O4/c1-16-12-13-20(15-22(16)27(30)31)24(29)25-17(2)23(28)26-21-11-7-6-10-19(21)14-18-8-4-3-5-9-18/h3-13,15,17H,14H2,1-2H3,(H,25,29)(H,26,28). The fraction of sp³-hybridized carbons (Fsp3) is 0.167. The normalized spacial score (nSPS) is 11.4. The number of amides is 2. The Morgan fingerprint density at radius 1 is 1.00 bits per heavy atom. The van der Waals surface area contributed by atoms with Gasteiger partial charge in [-0.1, -0.05) is 54.6 Å². The molecule has 158 valence electrons. The Kier molecular flexibility index (Phi) is 6.77. The lowest BCUT2D eigenvalue weighted by Gasteiger charge is -2.16. The molecule has 31 heavy (non-hydrogen) atoms. The molecule has 0 spiro atoms. The van der Waals surface area contributed by atoms with Crippen molar-refractivity contribution in [3.05, 3.63) is 105 Å². The van der Waals surface area contributed by atoms with E-state index in [2.05, 4.69) is 10.6 Å². The van der Waals surface area contributed by atoms with Gasteiger partial charge in [0.15, 0.2) is 0 Å². The number of benzene rings is 3. The minimum absolute atomic E-state index is 0.126. The summed E-state index contributed by atoms with van der Waals surface area (Å²) in [5.74, 6) is -0.932. The van der Waals surface area contributed by atoms with Crippen molar-refractivity contribution in [1.82, 2.24) is 5.32 Å². The van der Waals surface area contributed by atoms with E-state index < -0.39 is 16.9 Å². The van der Waals surface area contributed by atoms with E-state index >= 15 is 0 Å². The number of carbonyl (C=O) groups is 2. The molecule has 3 aromatic carbocycles. The molecule has 1 atom stereocenters. The van der Waals surface area contributed by atoms with Crippen molar-refractivity contribution < 1.29 is 14.5 Å². The summed E-state index contributed by atoms with van der Waals surface area (Å²) in [7, 11) is 0. The van der Waals surface area contributed by atoms with Crippen LogP contribution in [0, 0.1) is 17.0 Å². The summed E-state index contributed by atoms with van der Waals surface area (Å²) in [6.45, 7) is 3.17. The lowest BCUT2D eigenvalue weighted by Crippen LogP contribution is -2.41. The maximum atomic E-state index is 12.7. The predicted octanol–water partition coefficient (Wildman–Crippen LogP) is 4.25. The van der Waals surface area contributed by atoms with Crippen LogP contribution in [-0.4, -0.2) is 22.8 Å². The molecule has 0 aliphatic heterocycles. The van der Waals surface area contributed by atoms with E-state index in [-0.39, 0.29) is 17.2 Å². The lowest BCUT2D eigenvalue weighted by molar-refractivity contribution is -0.385. The van der Waals surface area contributed by atoms with Crippen LogP contribution in [0.15, 0.2) is 72.8 Å². The predicted molar refractivity (Wildman–Crippen MR) is 119 cm³/mol. The lowest BCUT2D eigenvalue weighted by atomic mass is 10.0. The first kappa shape index (κ1) is 21.7. The van der Waals surface area contributed by atoms with Crippen LogP contribution >= 0.6 is 0 Å². The second-order valence-corrected chi connectivity index (χ2v) is 7.26. The second-order valence-electron chi connectivity index (χ2n) is 7.26. The Morgan fingerprint density at radius 3 is 2.39 bits per heavy atom. The van der Waals surface area contributed by atoms with E-state index in [1.54, 1.807) is 13.8 Å². The van der Waals surface area contributed by atoms with E-state index in [1.807, 2.05) is 54.6 Å². The summed E-state index contributed by atoms with van der Waals surface area (Å²) in [6.07, 6.45) is 0.658. The summed E-state index contributed by atoms with van der Waals surface area (Å²) in [5.41, 5.74) is 3.19. The zero-order chi connectivity index (χ0) is 22.4. The van der Waals surface area contributed by atoms with Crippen molar-refractivity contribution in [3.8, 4) is 0 Å². The van der Waals surface area contributed by atoms with Crippen LogP contribution in [0.2, 0.25) is 0 Å². The Balaban J connectivity index is 1.68. The van der Waals surface area contributed by atoms with Gasteiger partial charge in [-0.15, -0.1) is 0 Å². The van der Waals surface area contributed by atoms with Crippen LogP contribution in [0.25, 0.3) is 0 Å². The monoisotopic (exact) mass is 417 g/mol. The first-order valence-corrected chi connectivity index (χ1v) is 9.83. The molecule has 3 rings (SSSR count). The molecule has 1 unspecified atom stereocenters. The highest BCUT2D eigenvalue weighted by molar-refractivity contribution is 6.01. The number of rotatable bonds is 7. The fourth-order valence-corrected chi connectivity index (χ4v) is 3.15. The summed E-state index contributed by atoms with van der Waals surface area (Å²) in [6, 6.07) is 20.8. The number of para-hydroxylation sites is 1. The van der Waals surface area contributed by atoms with Gasteiger partial charge in [0.25, 0.3) is 11.6 Å². The number of nitro benzene ring substituents is 1. The van der Waals surface area contributed by atoms with Gasteiger partial charge in [-0.05, 0) is 43.5 Å². The van der Waals surface area contributed by atoms with Gasteiger partial charge in [-0.3, -0.25) is 19.7 Å². The highest BCUT2D eigenvalue weighted by Gasteiger charge is 2.20. The molecule has 0 saturated carbocycles. The van der Waals surface area contributed by atoms with E-state index in [0.717, 1.165) is 11.1 Å². The third-order valence-corrected chi connectivity index (χ3v) is 4.92. The Labute approximate surface area is 180 Å². The van der Waals surface area contributed by atoms with E-state index in [4.69, 9.17) is 0 Å². The minimum Gasteiger partial charge on any atom is -0.341 e. The first-order chi connectivity index (χ1) is 14.8. The van der Waals surface area contributed by atoms with Gasteiger partial charge in [0.05, 0.1) is 4.92 Å². The van der Waals surface area contributed by atoms with Crippen molar-refractivity contribution in [2.75, 3.05) is 5.32 Å². The fourth-order valence-electron chi connectivity index (χ4n) is 3.15. The number of hydrogen-bond donors (Lipinski definition) is 2. The molecule has 0 aromatic heterocycles. The van der Waals surface area contributed by atoms with Crippen LogP contribution in [0.1, 0.15) is 34.0 Å². The SMILES string of the molecule is Cc1ccc(C(=O)NC(C)C(=O)Nc2ccccc2Cc2ccccc2)cc1[N+](=O)[O-]. The van der Waals surface area contributed by atoms with Gasteiger partial charge in [-0.25, -0.2) is 0 Å². The summed E-state index contributed by atoms with van der Waals surface area (Å²) in [4.78, 5) is 35.7. The number of nitrogens with one attached hydrogen (secondary N) is 2. The smallest absolute Gasteiger partial charge is 0.273 e. The van der Waals surface area contributed by atoms with E-state index in [1.165, 1.54) is 18.2 Å². The molecule has 0 saturated heterocycles. The van der Waals surface area contributed by atoms with Crippen LogP contribution in [0.4, 0.5) is 11.4 Å². The van der Waals surface area contributed by atoms with Crippen LogP contribution in [-0.2, 0) is 11.2 Å². The third kappa shape index (κ3) is 5.54. The molecule has 0 heterocycles. The third-order valence-electron chi connectivity index (χ3n) is 4.92. The molecular formula is C24H23N3O4. The molecule has 2 amide bonds. The molecule has 0 bridgehead atoms. The first-order valence-electron chi connectivity index (χ1n) is 9.83. The number of nitro groups is 1. The van der Waals surface area contributed by atoms with E-state index in [9.17, 15) is 19.7 Å². The number of hydrogen-bond acceptors (Lipinski definition) is 4. The molecule has 0 aliphatic rings. The molecule has 3 aromatic rings. The van der Waals surface area contributed by atoms with Crippen molar-refractivity contribution in [3.63, 3.8) is 0 Å². The second kappa shape index (κ2) is 9.67. The highest BCUT2D eigenvalue weighted by atomic mass is 16.6. The maximum Gasteiger partial charge on any atom is 0.273 e. The van der Waals surface area contributed by atoms with Crippen molar-refractivity contribution >= 4 is 23.2 Å². The maximum absolute atomic E-state index is 12.7. The molecule has 7 heteroatoms. The van der Waals surface area contributed by atoms with Crippen molar-refractivity contribution in [2.24, 2.45) is 0 Å². The Hall–Kier alpha value is -4.00. The van der Waals surface area contributed by atoms with Gasteiger partial charge in [0, 0.05) is 22.9 Å². The molecular weight excluding hydrogens is 394 g/mol. The molecule has 0 aliphatic carbocycles. The van der Waals surface area contributed by atoms with Crippen LogP contribution < -0.4 is 10.6 Å². The van der Waals surface area contributed by atoms with Crippen molar-refractivity contribution in [2.45, 2.75) is 26.3 Å². The number of anilines is 1. The number of carbonyl (C=O) groups excluding carboxylic acids is 2. The Morgan fingerprint density at radius 2 is 1.68 bits per heavy atom. The summed E-state index contributed by atoms with van der Waals surface area (Å²) in [5, 5.41) is 16.6. The van der Waals surface area contributed by atoms with Gasteiger partial charge >= 0.3 is 0 Å². The van der Waals surface area contributed by atoms with Crippen LogP contribution in [0.5, 0.6) is 0 Å². The molecule has 0 fully saturated rings. The van der Waals surface area contributed by atoms with Crippen LogP contribution in [0.3, 0.4) is 0 Å². The molecule has 2 N–H and O–H groups in total. The molecule has 0 radical (unpaired) electrons. The average molecular weight is 417 g/mol. The average Bonchev–Trinajstić information content (AvgIpc) is 2.75. The molecule has 7 nitrogen and oxygen atoms in total. The Bertz CT molecular complexity index is 1110. The van der Waals surface area contributed by atoms with Gasteiger partial charge < -0.3 is 10.6 Å². The van der Waals surface area contributed by atoms with Crippen molar-refractivity contribution in [1.29, 1.82) is 0 Å². The largest absolute Gasteiger partial charge is 0.341 e. The highest BCUT2D eigenvalue weighted by Crippen LogP contribution is 2.20. The summed E-state index contributed by atoms with van der Waals surface area (Å²) < 4.78 is 0. The van der Waals surface area contributed by atoms with E-state index in [0.29, 0.717) is 17.7 Å². The minimum atomic E-state index is -0.836. The summed E-state index contributed by atoms with van der Waals surface area (Å²) >= 11 is 0. The zero-order valence-corrected chi connectivity index (χ0v) is 17.3. The number of nitrogens with zero attached hydrogens (tertiary/aromatic N) is 1. The zero-order valence-electron chi connectivity index (χ0n) is 17.3. The topological polar surface area (TPSA) is 101 Å².